The van der Waals surface area contributed by atoms with E-state index in [0.29, 0.717) is 32.8 Å². The van der Waals surface area contributed by atoms with E-state index in [1.54, 1.807) is 0 Å². The van der Waals surface area contributed by atoms with Crippen molar-refractivity contribution in [3.8, 4) is 11.4 Å². The van der Waals surface area contributed by atoms with E-state index in [2.05, 4.69) is 9.88 Å². The Morgan fingerprint density at radius 2 is 1.93 bits per heavy atom. The van der Waals surface area contributed by atoms with Crippen LogP contribution in [0.5, 0.6) is 0 Å². The highest BCUT2D eigenvalue weighted by atomic mass is 16.5. The van der Waals surface area contributed by atoms with Crippen LogP contribution in [0.15, 0.2) is 36.5 Å². The fourth-order valence-electron chi connectivity index (χ4n) is 4.74. The summed E-state index contributed by atoms with van der Waals surface area (Å²) < 4.78 is 12.1. The zero-order valence-electron chi connectivity index (χ0n) is 17.4. The van der Waals surface area contributed by atoms with Crippen molar-refractivity contribution in [3.63, 3.8) is 0 Å². The molecule has 0 bridgehead atoms. The molecule has 2 aromatic rings. The molecule has 2 fully saturated rings. The summed E-state index contributed by atoms with van der Waals surface area (Å²) in [5.41, 5.74) is 2.75. The Balaban J connectivity index is 1.35. The summed E-state index contributed by atoms with van der Waals surface area (Å²) in [6.45, 7) is 4.14. The third-order valence-corrected chi connectivity index (χ3v) is 6.51. The number of morpholine rings is 1. The average molecular weight is 409 g/mol. The number of likely N-dealkylation sites (tertiary alicyclic amines) is 1. The Morgan fingerprint density at radius 1 is 1.13 bits per heavy atom. The van der Waals surface area contributed by atoms with E-state index in [1.165, 1.54) is 0 Å². The fourth-order valence-corrected chi connectivity index (χ4v) is 4.74. The molecular formula is C23H28N4O3. The molecule has 7 nitrogen and oxygen atoms in total. The first-order chi connectivity index (χ1) is 14.6. The summed E-state index contributed by atoms with van der Waals surface area (Å²) in [6, 6.07) is 10.0. The van der Waals surface area contributed by atoms with Gasteiger partial charge in [-0.1, -0.05) is 30.3 Å². The molecule has 1 aromatic heterocycles. The SMILES string of the molecule is CN1CCOC(C(=O)N2CCC3(CC2)OCCc2cnc(-c4ccccc4)nc23)C1. The van der Waals surface area contributed by atoms with Crippen molar-refractivity contribution in [2.45, 2.75) is 31.0 Å². The van der Waals surface area contributed by atoms with Crippen LogP contribution in [0.3, 0.4) is 0 Å². The van der Waals surface area contributed by atoms with Gasteiger partial charge in [0, 0.05) is 37.9 Å². The number of fused-ring (bicyclic) bond motifs is 2. The van der Waals surface area contributed by atoms with Gasteiger partial charge < -0.3 is 19.3 Å². The lowest BCUT2D eigenvalue weighted by atomic mass is 9.83. The van der Waals surface area contributed by atoms with Crippen LogP contribution in [0.2, 0.25) is 0 Å². The van der Waals surface area contributed by atoms with E-state index in [9.17, 15) is 4.79 Å². The van der Waals surface area contributed by atoms with Gasteiger partial charge in [-0.25, -0.2) is 9.97 Å². The molecule has 1 unspecified atom stereocenters. The fraction of sp³-hybridized carbons (Fsp3) is 0.522. The molecule has 1 aromatic carbocycles. The third-order valence-electron chi connectivity index (χ3n) is 6.51. The van der Waals surface area contributed by atoms with Gasteiger partial charge in [0.1, 0.15) is 11.7 Å². The van der Waals surface area contributed by atoms with Gasteiger partial charge in [0.05, 0.1) is 18.9 Å². The predicted molar refractivity (Wildman–Crippen MR) is 112 cm³/mol. The van der Waals surface area contributed by atoms with Gasteiger partial charge in [-0.05, 0) is 31.9 Å². The Hall–Kier alpha value is -2.35. The molecule has 3 aliphatic heterocycles. The average Bonchev–Trinajstić information content (AvgIpc) is 2.80. The van der Waals surface area contributed by atoms with E-state index in [1.807, 2.05) is 48.5 Å². The second kappa shape index (κ2) is 8.06. The molecule has 158 valence electrons. The van der Waals surface area contributed by atoms with E-state index >= 15 is 0 Å². The number of nitrogens with zero attached hydrogens (tertiary/aromatic N) is 4. The highest BCUT2D eigenvalue weighted by Crippen LogP contribution is 2.41. The number of hydrogen-bond acceptors (Lipinski definition) is 6. The summed E-state index contributed by atoms with van der Waals surface area (Å²) in [5.74, 6) is 0.830. The third kappa shape index (κ3) is 3.62. The first-order valence-corrected chi connectivity index (χ1v) is 10.8. The predicted octanol–water partition coefficient (Wildman–Crippen LogP) is 1.86. The van der Waals surface area contributed by atoms with Crippen LogP contribution in [0.4, 0.5) is 0 Å². The quantitative estimate of drug-likeness (QED) is 0.756. The van der Waals surface area contributed by atoms with Gasteiger partial charge in [-0.3, -0.25) is 4.79 Å². The molecule has 2 saturated heterocycles. The molecule has 3 aliphatic rings. The van der Waals surface area contributed by atoms with Crippen LogP contribution < -0.4 is 0 Å². The number of carbonyl (C=O) groups excluding carboxylic acids is 1. The minimum absolute atomic E-state index is 0.0973. The molecule has 1 spiro atoms. The number of likely N-dealkylation sites (N-methyl/N-ethyl adjacent to an activating group) is 1. The van der Waals surface area contributed by atoms with Crippen LogP contribution in [0, 0.1) is 0 Å². The number of rotatable bonds is 2. The van der Waals surface area contributed by atoms with Crippen molar-refractivity contribution in [2.24, 2.45) is 0 Å². The van der Waals surface area contributed by atoms with Crippen molar-refractivity contribution in [2.75, 3.05) is 46.4 Å². The monoisotopic (exact) mass is 408 g/mol. The van der Waals surface area contributed by atoms with Crippen LogP contribution in [0.25, 0.3) is 11.4 Å². The number of benzene rings is 1. The van der Waals surface area contributed by atoms with Crippen molar-refractivity contribution in [3.05, 3.63) is 47.8 Å². The Morgan fingerprint density at radius 3 is 2.70 bits per heavy atom. The lowest BCUT2D eigenvalue weighted by molar-refractivity contribution is -0.156. The minimum Gasteiger partial charge on any atom is -0.368 e. The van der Waals surface area contributed by atoms with Gasteiger partial charge in [-0.2, -0.15) is 0 Å². The van der Waals surface area contributed by atoms with Crippen LogP contribution in [-0.2, 0) is 26.3 Å². The van der Waals surface area contributed by atoms with Crippen LogP contribution in [-0.4, -0.2) is 78.2 Å². The van der Waals surface area contributed by atoms with Gasteiger partial charge in [0.25, 0.3) is 5.91 Å². The Kier molecular flexibility index (Phi) is 5.26. The summed E-state index contributed by atoms with van der Waals surface area (Å²) in [6.07, 6.45) is 3.93. The molecule has 1 atom stereocenters. The molecule has 0 aliphatic carbocycles. The summed E-state index contributed by atoms with van der Waals surface area (Å²) in [5, 5.41) is 0. The first kappa shape index (κ1) is 19.6. The molecule has 4 heterocycles. The van der Waals surface area contributed by atoms with Gasteiger partial charge in [0.2, 0.25) is 0 Å². The lowest BCUT2D eigenvalue weighted by Crippen LogP contribution is -2.54. The number of carbonyl (C=O) groups is 1. The van der Waals surface area contributed by atoms with Crippen molar-refractivity contribution < 1.29 is 14.3 Å². The molecule has 5 rings (SSSR count). The molecule has 1 amide bonds. The molecule has 7 heteroatoms. The maximum absolute atomic E-state index is 13.0. The topological polar surface area (TPSA) is 67.8 Å². The molecular weight excluding hydrogens is 380 g/mol. The number of hydrogen-bond donors (Lipinski definition) is 0. The second-order valence-corrected chi connectivity index (χ2v) is 8.47. The first-order valence-electron chi connectivity index (χ1n) is 10.8. The Bertz CT molecular complexity index is 912. The standard InChI is InChI=1S/C23H28N4O3/c1-26-12-14-29-19(16-26)22(28)27-10-8-23(9-11-27)20-18(7-13-30-23)15-24-21(25-20)17-5-3-2-4-6-17/h2-6,15,19H,7-14,16H2,1H3. The molecule has 0 radical (unpaired) electrons. The van der Waals surface area contributed by atoms with Crippen LogP contribution >= 0.6 is 0 Å². The molecule has 0 saturated carbocycles. The number of amides is 1. The number of ether oxygens (including phenoxy) is 2. The zero-order chi connectivity index (χ0) is 20.6. The zero-order valence-corrected chi connectivity index (χ0v) is 17.4. The second-order valence-electron chi connectivity index (χ2n) is 8.47. The van der Waals surface area contributed by atoms with E-state index < -0.39 is 5.60 Å². The number of piperidine rings is 1. The van der Waals surface area contributed by atoms with Gasteiger partial charge in [0.15, 0.2) is 5.82 Å². The van der Waals surface area contributed by atoms with E-state index in [4.69, 9.17) is 14.5 Å². The molecule has 30 heavy (non-hydrogen) atoms. The Labute approximate surface area is 177 Å². The van der Waals surface area contributed by atoms with Gasteiger partial charge >= 0.3 is 0 Å². The largest absolute Gasteiger partial charge is 0.368 e. The van der Waals surface area contributed by atoms with Crippen molar-refractivity contribution in [1.82, 2.24) is 19.8 Å². The van der Waals surface area contributed by atoms with E-state index in [-0.39, 0.29) is 12.0 Å². The minimum atomic E-state index is -0.430. The number of aromatic nitrogens is 2. The lowest BCUT2D eigenvalue weighted by Gasteiger charge is -2.45. The summed E-state index contributed by atoms with van der Waals surface area (Å²) in [7, 11) is 2.03. The van der Waals surface area contributed by atoms with Crippen molar-refractivity contribution >= 4 is 5.91 Å². The van der Waals surface area contributed by atoms with E-state index in [0.717, 1.165) is 48.5 Å². The molecule has 0 N–H and O–H groups in total. The highest BCUT2D eigenvalue weighted by molar-refractivity contribution is 5.81. The smallest absolute Gasteiger partial charge is 0.253 e. The highest BCUT2D eigenvalue weighted by Gasteiger charge is 2.44. The van der Waals surface area contributed by atoms with Gasteiger partial charge in [-0.15, -0.1) is 0 Å². The van der Waals surface area contributed by atoms with Crippen molar-refractivity contribution in [1.29, 1.82) is 0 Å². The van der Waals surface area contributed by atoms with Crippen LogP contribution in [0.1, 0.15) is 24.1 Å². The normalized spacial score (nSPS) is 23.9. The summed E-state index contributed by atoms with van der Waals surface area (Å²) >= 11 is 0. The maximum atomic E-state index is 13.0. The summed E-state index contributed by atoms with van der Waals surface area (Å²) in [4.78, 5) is 26.6. The maximum Gasteiger partial charge on any atom is 0.253 e.